The fourth-order valence-electron chi connectivity index (χ4n) is 1.36. The maximum atomic E-state index is 8.49. The molecule has 0 aliphatic carbocycles. The van der Waals surface area contributed by atoms with Crippen LogP contribution in [0.1, 0.15) is 11.4 Å². The highest BCUT2D eigenvalue weighted by Crippen LogP contribution is 2.12. The van der Waals surface area contributed by atoms with Crippen molar-refractivity contribution < 1.29 is 5.21 Å². The molecule has 3 N–H and O–H groups in total. The number of oxime groups is 1. The number of nitrogens with two attached hydrogens (primary N) is 1. The second kappa shape index (κ2) is 4.96. The number of hydrogen-bond donors (Lipinski definition) is 2. The maximum Gasteiger partial charge on any atom is 0.219 e. The molecule has 0 spiro atoms. The summed E-state index contributed by atoms with van der Waals surface area (Å²) in [5.74, 6) is 0.112. The maximum absolute atomic E-state index is 8.49. The van der Waals surface area contributed by atoms with Crippen LogP contribution in [0, 0.1) is 0 Å². The fourth-order valence-corrected chi connectivity index (χ4v) is 1.80. The summed E-state index contributed by atoms with van der Waals surface area (Å²) in [5.41, 5.74) is 6.46. The van der Waals surface area contributed by atoms with Gasteiger partial charge in [0.25, 0.3) is 0 Å². The van der Waals surface area contributed by atoms with Crippen LogP contribution >= 0.6 is 15.9 Å². The Morgan fingerprint density at radius 1 is 1.53 bits per heavy atom. The molecule has 0 radical (unpaired) electrons. The molecule has 0 bridgehead atoms. The number of hydrogen-bond acceptors (Lipinski definition) is 4. The Balaban J connectivity index is 2.17. The van der Waals surface area contributed by atoms with Gasteiger partial charge in [-0.25, -0.2) is 9.67 Å². The lowest BCUT2D eigenvalue weighted by atomic mass is 10.2. The summed E-state index contributed by atoms with van der Waals surface area (Å²) >= 11 is 3.40. The molecule has 0 saturated heterocycles. The highest BCUT2D eigenvalue weighted by Gasteiger charge is 2.06. The van der Waals surface area contributed by atoms with Crippen molar-refractivity contribution in [1.82, 2.24) is 14.8 Å². The Morgan fingerprint density at radius 3 is 3.06 bits per heavy atom. The van der Waals surface area contributed by atoms with Crippen molar-refractivity contribution in [2.24, 2.45) is 10.9 Å². The largest absolute Gasteiger partial charge is 0.409 e. The van der Waals surface area contributed by atoms with Gasteiger partial charge in [-0.15, -0.1) is 5.10 Å². The van der Waals surface area contributed by atoms with E-state index in [-0.39, 0.29) is 11.7 Å². The molecule has 0 atom stereocenters. The highest BCUT2D eigenvalue weighted by atomic mass is 79.9. The molecular weight excluding hydrogens is 286 g/mol. The van der Waals surface area contributed by atoms with Gasteiger partial charge in [-0.1, -0.05) is 33.2 Å². The minimum absolute atomic E-state index is 0.0991. The molecule has 2 aromatic rings. The number of nitrogens with zero attached hydrogens (tertiary/aromatic N) is 4. The molecule has 1 aromatic carbocycles. The molecule has 0 amide bonds. The highest BCUT2D eigenvalue weighted by molar-refractivity contribution is 9.10. The predicted molar refractivity (Wildman–Crippen MR) is 65.8 cm³/mol. The van der Waals surface area contributed by atoms with E-state index in [0.29, 0.717) is 6.54 Å². The van der Waals surface area contributed by atoms with Crippen molar-refractivity contribution in [3.63, 3.8) is 0 Å². The Hall–Kier alpha value is -1.89. The Morgan fingerprint density at radius 2 is 2.35 bits per heavy atom. The molecule has 17 heavy (non-hydrogen) atoms. The van der Waals surface area contributed by atoms with Crippen molar-refractivity contribution in [2.45, 2.75) is 6.54 Å². The van der Waals surface area contributed by atoms with Crippen LogP contribution in [0.25, 0.3) is 0 Å². The standard InChI is InChI=1S/C10H10BrN5O/c11-8-3-1-2-7(4-8)5-16-6-13-10(14-16)9(12)15-17/h1-4,6,17H,5H2,(H2,12,15). The van der Waals surface area contributed by atoms with Crippen molar-refractivity contribution in [1.29, 1.82) is 0 Å². The van der Waals surface area contributed by atoms with Crippen molar-refractivity contribution in [3.05, 3.63) is 46.5 Å². The molecule has 2 rings (SSSR count). The number of benzene rings is 1. The predicted octanol–water partition coefficient (Wildman–Crippen LogP) is 1.18. The first-order chi connectivity index (χ1) is 8.19. The lowest BCUT2D eigenvalue weighted by Gasteiger charge is -2.01. The first kappa shape index (κ1) is 11.6. The van der Waals surface area contributed by atoms with Gasteiger partial charge in [0, 0.05) is 4.47 Å². The van der Waals surface area contributed by atoms with Crippen molar-refractivity contribution >= 4 is 21.8 Å². The van der Waals surface area contributed by atoms with Gasteiger partial charge in [0.05, 0.1) is 6.54 Å². The molecule has 0 unspecified atom stereocenters. The molecule has 6 nitrogen and oxygen atoms in total. The van der Waals surface area contributed by atoms with Crippen LogP contribution in [0.3, 0.4) is 0 Å². The van der Waals surface area contributed by atoms with Crippen LogP contribution in [0.4, 0.5) is 0 Å². The van der Waals surface area contributed by atoms with Crippen LogP contribution in [-0.2, 0) is 6.54 Å². The molecule has 0 fully saturated rings. The quantitative estimate of drug-likeness (QED) is 0.385. The number of aromatic nitrogens is 3. The summed E-state index contributed by atoms with van der Waals surface area (Å²) in [7, 11) is 0. The first-order valence-corrected chi connectivity index (χ1v) is 5.60. The fraction of sp³-hybridized carbons (Fsp3) is 0.100. The summed E-state index contributed by atoms with van der Waals surface area (Å²) in [5, 5.41) is 15.4. The molecule has 88 valence electrons. The van der Waals surface area contributed by atoms with E-state index in [4.69, 9.17) is 10.9 Å². The van der Waals surface area contributed by atoms with Gasteiger partial charge in [0.1, 0.15) is 6.33 Å². The third-order valence-electron chi connectivity index (χ3n) is 2.11. The molecule has 0 aliphatic rings. The Bertz CT molecular complexity index is 551. The van der Waals surface area contributed by atoms with Crippen LogP contribution in [-0.4, -0.2) is 25.8 Å². The average molecular weight is 296 g/mol. The number of halogens is 1. The summed E-state index contributed by atoms with van der Waals surface area (Å²) in [4.78, 5) is 3.93. The van der Waals surface area contributed by atoms with E-state index in [9.17, 15) is 0 Å². The van der Waals surface area contributed by atoms with Gasteiger partial charge in [-0.05, 0) is 17.7 Å². The van der Waals surface area contributed by atoms with Crippen molar-refractivity contribution in [2.75, 3.05) is 0 Å². The van der Waals surface area contributed by atoms with Gasteiger partial charge in [0.15, 0.2) is 0 Å². The minimum Gasteiger partial charge on any atom is -0.409 e. The smallest absolute Gasteiger partial charge is 0.219 e. The Labute approximate surface area is 106 Å². The summed E-state index contributed by atoms with van der Waals surface area (Å²) in [6.07, 6.45) is 1.54. The molecule has 1 aromatic heterocycles. The molecular formula is C10H10BrN5O. The van der Waals surface area contributed by atoms with Gasteiger partial charge < -0.3 is 10.9 Å². The van der Waals surface area contributed by atoms with Crippen LogP contribution < -0.4 is 5.73 Å². The monoisotopic (exact) mass is 295 g/mol. The molecule has 1 heterocycles. The van der Waals surface area contributed by atoms with E-state index >= 15 is 0 Å². The molecule has 0 saturated carbocycles. The van der Waals surface area contributed by atoms with E-state index in [1.165, 1.54) is 6.33 Å². The summed E-state index contributed by atoms with van der Waals surface area (Å²) in [6.45, 7) is 0.575. The second-order valence-electron chi connectivity index (χ2n) is 3.38. The first-order valence-electron chi connectivity index (χ1n) is 4.81. The van der Waals surface area contributed by atoms with Gasteiger partial charge in [0.2, 0.25) is 11.7 Å². The number of rotatable bonds is 3. The second-order valence-corrected chi connectivity index (χ2v) is 4.30. The minimum atomic E-state index is -0.0991. The topological polar surface area (TPSA) is 89.3 Å². The van der Waals surface area contributed by atoms with Gasteiger partial charge in [-0.2, -0.15) is 0 Å². The summed E-state index contributed by atoms with van der Waals surface area (Å²) in [6, 6.07) is 7.87. The molecule has 0 aliphatic heterocycles. The lowest BCUT2D eigenvalue weighted by Crippen LogP contribution is -2.15. The van der Waals surface area contributed by atoms with Crippen LogP contribution in [0.5, 0.6) is 0 Å². The van der Waals surface area contributed by atoms with E-state index in [2.05, 4.69) is 31.2 Å². The van der Waals surface area contributed by atoms with Gasteiger partial charge in [-0.3, -0.25) is 0 Å². The van der Waals surface area contributed by atoms with Crippen molar-refractivity contribution in [3.8, 4) is 0 Å². The summed E-state index contributed by atoms with van der Waals surface area (Å²) < 4.78 is 2.63. The zero-order chi connectivity index (χ0) is 12.3. The molecule has 7 heteroatoms. The third kappa shape index (κ3) is 2.82. The Kier molecular flexibility index (Phi) is 3.38. The van der Waals surface area contributed by atoms with E-state index in [0.717, 1.165) is 10.0 Å². The van der Waals surface area contributed by atoms with Crippen LogP contribution in [0.2, 0.25) is 0 Å². The van der Waals surface area contributed by atoms with Crippen LogP contribution in [0.15, 0.2) is 40.2 Å². The van der Waals surface area contributed by atoms with E-state index < -0.39 is 0 Å². The third-order valence-corrected chi connectivity index (χ3v) is 2.60. The zero-order valence-corrected chi connectivity index (χ0v) is 10.4. The normalized spacial score (nSPS) is 11.7. The zero-order valence-electron chi connectivity index (χ0n) is 8.79. The van der Waals surface area contributed by atoms with E-state index in [1.54, 1.807) is 4.68 Å². The SMILES string of the molecule is NC(=NO)c1ncn(Cc2cccc(Br)c2)n1. The van der Waals surface area contributed by atoms with Gasteiger partial charge >= 0.3 is 0 Å². The van der Waals surface area contributed by atoms with E-state index in [1.807, 2.05) is 24.3 Å². The average Bonchev–Trinajstić information content (AvgIpc) is 2.76. The number of amidine groups is 1. The lowest BCUT2D eigenvalue weighted by molar-refractivity contribution is 0.318.